The highest BCUT2D eigenvalue weighted by Crippen LogP contribution is 2.52. The minimum Gasteiger partial charge on any atom is -0.468 e. The van der Waals surface area contributed by atoms with Crippen molar-refractivity contribution in [2.45, 2.75) is 37.9 Å². The topological polar surface area (TPSA) is 41.6 Å². The van der Waals surface area contributed by atoms with Crippen molar-refractivity contribution in [3.8, 4) is 0 Å². The second kappa shape index (κ2) is 5.36. The second-order valence-electron chi connectivity index (χ2n) is 7.00. The van der Waals surface area contributed by atoms with Crippen LogP contribution in [0.5, 0.6) is 0 Å². The zero-order valence-corrected chi connectivity index (χ0v) is 13.1. The fourth-order valence-corrected chi connectivity index (χ4v) is 5.13. The molecule has 3 aliphatic heterocycles. The molecule has 0 saturated carbocycles. The van der Waals surface area contributed by atoms with Crippen molar-refractivity contribution in [1.82, 2.24) is 10.2 Å². The number of ether oxygens (including phenoxy) is 1. The van der Waals surface area contributed by atoms with Crippen LogP contribution < -0.4 is 5.32 Å². The summed E-state index contributed by atoms with van der Waals surface area (Å²) in [6.45, 7) is 2.68. The van der Waals surface area contributed by atoms with Crippen LogP contribution in [-0.2, 0) is 16.1 Å². The summed E-state index contributed by atoms with van der Waals surface area (Å²) in [6, 6.07) is 11.5. The van der Waals surface area contributed by atoms with E-state index in [1.165, 1.54) is 19.1 Å². The highest BCUT2D eigenvalue weighted by atomic mass is 16.5. The largest absolute Gasteiger partial charge is 0.468 e. The Labute approximate surface area is 131 Å². The van der Waals surface area contributed by atoms with Crippen LogP contribution in [0.2, 0.25) is 0 Å². The fraction of sp³-hybridized carbons (Fsp3) is 0.611. The van der Waals surface area contributed by atoms with Crippen molar-refractivity contribution in [3.05, 3.63) is 35.9 Å². The second-order valence-corrected chi connectivity index (χ2v) is 7.00. The number of rotatable bonds is 3. The molecule has 0 amide bonds. The molecule has 4 nitrogen and oxygen atoms in total. The summed E-state index contributed by atoms with van der Waals surface area (Å²) >= 11 is 0. The van der Waals surface area contributed by atoms with Gasteiger partial charge < -0.3 is 10.1 Å². The van der Waals surface area contributed by atoms with Gasteiger partial charge in [-0.25, -0.2) is 0 Å². The van der Waals surface area contributed by atoms with E-state index < -0.39 is 0 Å². The highest BCUT2D eigenvalue weighted by molar-refractivity contribution is 5.79. The summed E-state index contributed by atoms with van der Waals surface area (Å²) in [6.07, 6.45) is 3.45. The van der Waals surface area contributed by atoms with Gasteiger partial charge in [-0.3, -0.25) is 9.69 Å². The first kappa shape index (κ1) is 14.2. The van der Waals surface area contributed by atoms with Gasteiger partial charge in [-0.05, 0) is 37.3 Å². The Balaban J connectivity index is 1.66. The average molecular weight is 300 g/mol. The van der Waals surface area contributed by atoms with Crippen molar-refractivity contribution >= 4 is 5.97 Å². The van der Waals surface area contributed by atoms with Crippen LogP contribution in [0.1, 0.15) is 24.8 Å². The number of nitrogens with one attached hydrogen (secondary N) is 1. The van der Waals surface area contributed by atoms with Gasteiger partial charge in [-0.1, -0.05) is 30.3 Å². The van der Waals surface area contributed by atoms with Crippen LogP contribution in [0.25, 0.3) is 0 Å². The molecule has 4 rings (SSSR count). The van der Waals surface area contributed by atoms with E-state index in [1.54, 1.807) is 0 Å². The van der Waals surface area contributed by atoms with E-state index in [2.05, 4.69) is 40.5 Å². The number of carbonyl (C=O) groups is 1. The third-order valence-corrected chi connectivity index (χ3v) is 6.10. The predicted molar refractivity (Wildman–Crippen MR) is 84.2 cm³/mol. The van der Waals surface area contributed by atoms with Crippen LogP contribution in [0.3, 0.4) is 0 Å². The lowest BCUT2D eigenvalue weighted by molar-refractivity contribution is -0.163. The Hall–Kier alpha value is -1.39. The summed E-state index contributed by atoms with van der Waals surface area (Å²) in [5, 5.41) is 3.46. The zero-order chi connectivity index (χ0) is 15.2. The SMILES string of the molecule is COC(=O)C12CNCC1CC1CCC2N1Cc1ccccc1. The number of hydrogen-bond donors (Lipinski definition) is 1. The summed E-state index contributed by atoms with van der Waals surface area (Å²) in [5.41, 5.74) is 1.00. The lowest BCUT2D eigenvalue weighted by Gasteiger charge is -2.48. The van der Waals surface area contributed by atoms with E-state index in [0.717, 1.165) is 32.5 Å². The minimum atomic E-state index is -0.337. The van der Waals surface area contributed by atoms with E-state index >= 15 is 0 Å². The van der Waals surface area contributed by atoms with Gasteiger partial charge >= 0.3 is 5.97 Å². The van der Waals surface area contributed by atoms with E-state index in [0.29, 0.717) is 18.0 Å². The number of hydrogen-bond acceptors (Lipinski definition) is 4. The Morgan fingerprint density at radius 2 is 2.18 bits per heavy atom. The molecular formula is C18H24N2O2. The van der Waals surface area contributed by atoms with E-state index in [9.17, 15) is 4.79 Å². The summed E-state index contributed by atoms with van der Waals surface area (Å²) in [5.74, 6) is 0.426. The molecule has 0 radical (unpaired) electrons. The number of nitrogens with zero attached hydrogens (tertiary/aromatic N) is 1. The van der Waals surface area contributed by atoms with Crippen molar-refractivity contribution in [2.24, 2.45) is 11.3 Å². The molecule has 3 aliphatic rings. The highest BCUT2D eigenvalue weighted by Gasteiger charge is 2.62. The smallest absolute Gasteiger partial charge is 0.315 e. The minimum absolute atomic E-state index is 0.00842. The number of methoxy groups -OCH3 is 1. The molecule has 3 saturated heterocycles. The van der Waals surface area contributed by atoms with E-state index in [-0.39, 0.29) is 11.4 Å². The molecule has 4 atom stereocenters. The summed E-state index contributed by atoms with van der Waals surface area (Å²) in [7, 11) is 1.54. The maximum atomic E-state index is 12.7. The van der Waals surface area contributed by atoms with Crippen LogP contribution >= 0.6 is 0 Å². The number of benzene rings is 1. The summed E-state index contributed by atoms with van der Waals surface area (Å²) in [4.78, 5) is 15.2. The monoisotopic (exact) mass is 300 g/mol. The Morgan fingerprint density at radius 1 is 1.36 bits per heavy atom. The molecule has 4 unspecified atom stereocenters. The molecule has 0 aromatic heterocycles. The van der Waals surface area contributed by atoms with Crippen LogP contribution in [0.4, 0.5) is 0 Å². The van der Waals surface area contributed by atoms with Crippen molar-refractivity contribution < 1.29 is 9.53 Å². The Bertz CT molecular complexity index is 561. The van der Waals surface area contributed by atoms with Crippen LogP contribution in [-0.4, -0.2) is 43.2 Å². The van der Waals surface area contributed by atoms with Gasteiger partial charge in [0.05, 0.1) is 12.5 Å². The standard InChI is InChI=1S/C18H24N2O2/c1-22-17(21)18-12-19-10-14(18)9-15-7-8-16(18)20(15)11-13-5-3-2-4-6-13/h2-6,14-16,19H,7-12H2,1H3. The number of fused-ring (bicyclic) bond motifs is 4. The van der Waals surface area contributed by atoms with Gasteiger partial charge in [0.15, 0.2) is 0 Å². The normalized spacial score (nSPS) is 37.0. The maximum absolute atomic E-state index is 12.7. The summed E-state index contributed by atoms with van der Waals surface area (Å²) < 4.78 is 5.24. The zero-order valence-electron chi connectivity index (χ0n) is 13.1. The molecule has 3 heterocycles. The first-order chi connectivity index (χ1) is 10.8. The molecule has 2 bridgehead atoms. The van der Waals surface area contributed by atoms with Crippen molar-refractivity contribution in [3.63, 3.8) is 0 Å². The molecule has 1 N–H and O–H groups in total. The average Bonchev–Trinajstić information content (AvgIpc) is 3.11. The molecular weight excluding hydrogens is 276 g/mol. The number of piperidine rings is 1. The quantitative estimate of drug-likeness (QED) is 0.864. The van der Waals surface area contributed by atoms with Gasteiger partial charge in [0.25, 0.3) is 0 Å². The third-order valence-electron chi connectivity index (χ3n) is 6.10. The van der Waals surface area contributed by atoms with E-state index in [4.69, 9.17) is 4.74 Å². The Kier molecular flexibility index (Phi) is 3.46. The van der Waals surface area contributed by atoms with Crippen molar-refractivity contribution in [1.29, 1.82) is 0 Å². The van der Waals surface area contributed by atoms with Gasteiger partial charge in [0.1, 0.15) is 0 Å². The van der Waals surface area contributed by atoms with Crippen LogP contribution in [0.15, 0.2) is 30.3 Å². The third kappa shape index (κ3) is 1.94. The van der Waals surface area contributed by atoms with Gasteiger partial charge in [-0.2, -0.15) is 0 Å². The lowest BCUT2D eigenvalue weighted by atomic mass is 9.68. The fourth-order valence-electron chi connectivity index (χ4n) is 5.13. The van der Waals surface area contributed by atoms with Gasteiger partial charge in [-0.15, -0.1) is 0 Å². The molecule has 0 spiro atoms. The van der Waals surface area contributed by atoms with Gasteiger partial charge in [0, 0.05) is 25.2 Å². The van der Waals surface area contributed by atoms with Gasteiger partial charge in [0.2, 0.25) is 0 Å². The molecule has 0 aliphatic carbocycles. The maximum Gasteiger partial charge on any atom is 0.315 e. The first-order valence-corrected chi connectivity index (χ1v) is 8.34. The molecule has 1 aromatic rings. The molecule has 118 valence electrons. The molecule has 3 fully saturated rings. The lowest BCUT2D eigenvalue weighted by Crippen LogP contribution is -2.59. The van der Waals surface area contributed by atoms with Crippen molar-refractivity contribution in [2.75, 3.05) is 20.2 Å². The van der Waals surface area contributed by atoms with E-state index in [1.807, 2.05) is 0 Å². The molecule has 1 aromatic carbocycles. The predicted octanol–water partition coefficient (Wildman–Crippen LogP) is 1.80. The number of esters is 1. The molecule has 22 heavy (non-hydrogen) atoms. The molecule has 4 heteroatoms. The van der Waals surface area contributed by atoms with Crippen LogP contribution in [0, 0.1) is 11.3 Å². The number of carbonyl (C=O) groups excluding carboxylic acids is 1. The Morgan fingerprint density at radius 3 is 2.95 bits per heavy atom. The first-order valence-electron chi connectivity index (χ1n) is 8.34.